The van der Waals surface area contributed by atoms with E-state index in [0.29, 0.717) is 0 Å². The van der Waals surface area contributed by atoms with E-state index in [1.807, 2.05) is 0 Å². The van der Waals surface area contributed by atoms with Crippen molar-refractivity contribution in [3.05, 3.63) is 33.5 Å². The fraction of sp³-hybridized carbons (Fsp3) is 0.333. The van der Waals surface area contributed by atoms with E-state index in [0.717, 1.165) is 4.68 Å². The molecule has 0 saturated carbocycles. The molecule has 1 aromatic heterocycles. The van der Waals surface area contributed by atoms with Crippen LogP contribution in [0.15, 0.2) is 18.2 Å². The number of halogens is 1. The normalized spacial score (nSPS) is 11.6. The summed E-state index contributed by atoms with van der Waals surface area (Å²) in [5.41, 5.74) is -0.677. The molecular formula is C12H12ClN3O4. The Morgan fingerprint density at radius 3 is 2.65 bits per heavy atom. The molecule has 0 saturated heterocycles. The molecule has 0 radical (unpaired) electrons. The first-order valence-corrected chi connectivity index (χ1v) is 6.13. The maximum absolute atomic E-state index is 12.0. The van der Waals surface area contributed by atoms with Crippen LogP contribution < -0.4 is 0 Å². The van der Waals surface area contributed by atoms with Gasteiger partial charge in [-0.1, -0.05) is 17.7 Å². The van der Waals surface area contributed by atoms with Crippen LogP contribution in [0.3, 0.4) is 0 Å². The van der Waals surface area contributed by atoms with Gasteiger partial charge in [0.25, 0.3) is 5.69 Å². The number of benzene rings is 1. The van der Waals surface area contributed by atoms with Gasteiger partial charge in [0.2, 0.25) is 0 Å². The second-order valence-electron chi connectivity index (χ2n) is 5.11. The van der Waals surface area contributed by atoms with Gasteiger partial charge in [-0.3, -0.25) is 10.1 Å². The highest BCUT2D eigenvalue weighted by Gasteiger charge is 2.25. The largest absolute Gasteiger partial charge is 0.442 e. The number of hydrogen-bond acceptors (Lipinski definition) is 5. The van der Waals surface area contributed by atoms with E-state index in [-0.39, 0.29) is 21.7 Å². The third kappa shape index (κ3) is 2.57. The van der Waals surface area contributed by atoms with Gasteiger partial charge in [0.1, 0.15) is 11.0 Å². The van der Waals surface area contributed by atoms with Crippen molar-refractivity contribution in [1.82, 2.24) is 9.78 Å². The predicted octanol–water partition coefficient (Wildman–Crippen LogP) is 3.38. The van der Waals surface area contributed by atoms with Crippen molar-refractivity contribution < 1.29 is 14.5 Å². The lowest BCUT2D eigenvalue weighted by Gasteiger charge is -2.19. The minimum atomic E-state index is -0.741. The molecule has 0 atom stereocenters. The maximum atomic E-state index is 12.0. The van der Waals surface area contributed by atoms with Crippen molar-refractivity contribution in [2.75, 3.05) is 0 Å². The number of carbonyl (C=O) groups is 1. The third-order valence-electron chi connectivity index (χ3n) is 2.41. The molecular weight excluding hydrogens is 286 g/mol. The molecule has 20 heavy (non-hydrogen) atoms. The molecule has 2 aromatic rings. The van der Waals surface area contributed by atoms with Gasteiger partial charge < -0.3 is 4.74 Å². The van der Waals surface area contributed by atoms with Crippen molar-refractivity contribution in [1.29, 1.82) is 0 Å². The smallest absolute Gasteiger partial charge is 0.435 e. The fourth-order valence-electron chi connectivity index (χ4n) is 1.70. The molecule has 0 aliphatic heterocycles. The highest BCUT2D eigenvalue weighted by molar-refractivity contribution is 6.35. The summed E-state index contributed by atoms with van der Waals surface area (Å²) in [4.78, 5) is 22.4. The molecule has 0 unspecified atom stereocenters. The SMILES string of the molecule is CC(C)(C)OC(=O)n1nc(Cl)c2c([N+](=O)[O-])cccc21. The number of nitrogens with zero attached hydrogens (tertiary/aromatic N) is 3. The minimum absolute atomic E-state index is 0.113. The maximum Gasteiger partial charge on any atom is 0.435 e. The van der Waals surface area contributed by atoms with Crippen LogP contribution in [0.1, 0.15) is 20.8 Å². The third-order valence-corrected chi connectivity index (χ3v) is 2.67. The van der Waals surface area contributed by atoms with E-state index >= 15 is 0 Å². The van der Waals surface area contributed by atoms with Crippen LogP contribution >= 0.6 is 11.6 Å². The summed E-state index contributed by atoms with van der Waals surface area (Å²) in [6, 6.07) is 4.28. The Morgan fingerprint density at radius 1 is 1.45 bits per heavy atom. The first-order valence-electron chi connectivity index (χ1n) is 5.75. The lowest BCUT2D eigenvalue weighted by molar-refractivity contribution is -0.383. The zero-order chi connectivity index (χ0) is 15.1. The molecule has 1 aromatic carbocycles. The Labute approximate surface area is 119 Å². The second kappa shape index (κ2) is 4.75. The standard InChI is InChI=1S/C12H12ClN3O4/c1-12(2,3)20-11(17)15-7-5-4-6-8(16(18)19)9(7)10(13)14-15/h4-6H,1-3H3. The second-order valence-corrected chi connectivity index (χ2v) is 5.47. The predicted molar refractivity (Wildman–Crippen MR) is 73.0 cm³/mol. The Kier molecular flexibility index (Phi) is 3.39. The van der Waals surface area contributed by atoms with Crippen LogP contribution in [0.2, 0.25) is 5.15 Å². The van der Waals surface area contributed by atoms with Crippen molar-refractivity contribution in [2.24, 2.45) is 0 Å². The zero-order valence-corrected chi connectivity index (χ0v) is 11.8. The van der Waals surface area contributed by atoms with Crippen molar-refractivity contribution >= 4 is 34.3 Å². The summed E-state index contributed by atoms with van der Waals surface area (Å²) in [6.45, 7) is 5.13. The van der Waals surface area contributed by atoms with Gasteiger partial charge in [0.15, 0.2) is 5.15 Å². The Bertz CT molecular complexity index is 703. The van der Waals surface area contributed by atoms with Gasteiger partial charge in [-0.05, 0) is 26.8 Å². The van der Waals surface area contributed by atoms with Gasteiger partial charge >= 0.3 is 6.09 Å². The number of rotatable bonds is 1. The van der Waals surface area contributed by atoms with Crippen LogP contribution in [-0.2, 0) is 4.74 Å². The number of fused-ring (bicyclic) bond motifs is 1. The molecule has 0 aliphatic rings. The fourth-order valence-corrected chi connectivity index (χ4v) is 1.97. The monoisotopic (exact) mass is 297 g/mol. The number of nitro benzene ring substituents is 1. The molecule has 1 heterocycles. The van der Waals surface area contributed by atoms with E-state index in [1.165, 1.54) is 18.2 Å². The van der Waals surface area contributed by atoms with E-state index in [1.54, 1.807) is 20.8 Å². The number of carbonyl (C=O) groups excluding carboxylic acids is 1. The van der Waals surface area contributed by atoms with E-state index < -0.39 is 16.6 Å². The van der Waals surface area contributed by atoms with Gasteiger partial charge in [-0.25, -0.2) is 4.79 Å². The van der Waals surface area contributed by atoms with Crippen LogP contribution in [-0.4, -0.2) is 26.4 Å². The number of aromatic nitrogens is 2. The molecule has 2 rings (SSSR count). The first kappa shape index (κ1) is 14.3. The molecule has 0 spiro atoms. The number of nitro groups is 1. The van der Waals surface area contributed by atoms with E-state index in [4.69, 9.17) is 16.3 Å². The lowest BCUT2D eigenvalue weighted by atomic mass is 10.2. The average molecular weight is 298 g/mol. The van der Waals surface area contributed by atoms with Crippen molar-refractivity contribution in [3.8, 4) is 0 Å². The quantitative estimate of drug-likeness (QED) is 0.595. The van der Waals surface area contributed by atoms with Crippen molar-refractivity contribution in [3.63, 3.8) is 0 Å². The molecule has 8 heteroatoms. The van der Waals surface area contributed by atoms with Gasteiger partial charge in [0, 0.05) is 6.07 Å². The number of hydrogen-bond donors (Lipinski definition) is 0. The van der Waals surface area contributed by atoms with E-state index in [2.05, 4.69) is 5.10 Å². The van der Waals surface area contributed by atoms with Crippen LogP contribution in [0.4, 0.5) is 10.5 Å². The minimum Gasteiger partial charge on any atom is -0.442 e. The summed E-state index contributed by atoms with van der Waals surface area (Å²) < 4.78 is 6.11. The van der Waals surface area contributed by atoms with Gasteiger partial charge in [-0.2, -0.15) is 4.68 Å². The molecule has 0 amide bonds. The number of ether oxygens (including phenoxy) is 1. The topological polar surface area (TPSA) is 87.3 Å². The van der Waals surface area contributed by atoms with E-state index in [9.17, 15) is 14.9 Å². The average Bonchev–Trinajstić information content (AvgIpc) is 2.65. The highest BCUT2D eigenvalue weighted by Crippen LogP contribution is 2.31. The van der Waals surface area contributed by atoms with Crippen molar-refractivity contribution in [2.45, 2.75) is 26.4 Å². The summed E-state index contributed by atoms with van der Waals surface area (Å²) in [6.07, 6.45) is -0.741. The molecule has 7 nitrogen and oxygen atoms in total. The zero-order valence-electron chi connectivity index (χ0n) is 11.1. The highest BCUT2D eigenvalue weighted by atomic mass is 35.5. The summed E-state index contributed by atoms with van der Waals surface area (Å²) >= 11 is 5.90. The van der Waals surface area contributed by atoms with Crippen LogP contribution in [0.25, 0.3) is 10.9 Å². The molecule has 0 fully saturated rings. The van der Waals surface area contributed by atoms with Gasteiger partial charge in [-0.15, -0.1) is 5.10 Å². The summed E-state index contributed by atoms with van der Waals surface area (Å²) in [5.74, 6) is 0. The molecule has 0 N–H and O–H groups in total. The molecule has 106 valence electrons. The molecule has 0 bridgehead atoms. The van der Waals surface area contributed by atoms with Gasteiger partial charge in [0.05, 0.1) is 10.4 Å². The van der Waals surface area contributed by atoms with Crippen LogP contribution in [0, 0.1) is 10.1 Å². The Hall–Kier alpha value is -2.15. The molecule has 0 aliphatic carbocycles. The lowest BCUT2D eigenvalue weighted by Crippen LogP contribution is -2.27. The number of non-ortho nitro benzene ring substituents is 1. The first-order chi connectivity index (χ1) is 9.20. The summed E-state index contributed by atoms with van der Waals surface area (Å²) in [5, 5.41) is 14.8. The Balaban J connectivity index is 2.60. The summed E-state index contributed by atoms with van der Waals surface area (Å²) in [7, 11) is 0. The Morgan fingerprint density at radius 2 is 2.10 bits per heavy atom. The van der Waals surface area contributed by atoms with Crippen LogP contribution in [0.5, 0.6) is 0 Å².